The number of nitrogens with one attached hydrogen (secondary N) is 2. The van der Waals surface area contributed by atoms with Crippen molar-refractivity contribution >= 4 is 38.6 Å². The maximum Gasteiger partial charge on any atom is 0.387 e. The molecule has 3 aromatic rings. The second kappa shape index (κ2) is 10.1. The van der Waals surface area contributed by atoms with E-state index in [1.54, 1.807) is 25.1 Å². The summed E-state index contributed by atoms with van der Waals surface area (Å²) in [5.74, 6) is 0.0906. The lowest BCUT2D eigenvalue weighted by atomic mass is 10.2. The van der Waals surface area contributed by atoms with Crippen LogP contribution in [0.5, 0.6) is 5.75 Å². The van der Waals surface area contributed by atoms with Crippen LogP contribution in [0.4, 0.5) is 19.9 Å². The van der Waals surface area contributed by atoms with Crippen LogP contribution in [0, 0.1) is 5.92 Å². The molecule has 1 atom stereocenters. The lowest BCUT2D eigenvalue weighted by molar-refractivity contribution is -0.0503. The van der Waals surface area contributed by atoms with E-state index in [9.17, 15) is 13.6 Å². The van der Waals surface area contributed by atoms with Gasteiger partial charge in [-0.2, -0.15) is 8.78 Å². The van der Waals surface area contributed by atoms with E-state index in [0.717, 1.165) is 15.3 Å². The molecule has 0 aliphatic rings. The summed E-state index contributed by atoms with van der Waals surface area (Å²) in [5.41, 5.74) is 1.31. The molecule has 3 rings (SSSR count). The molecule has 1 unspecified atom stereocenters. The second-order valence-electron chi connectivity index (χ2n) is 6.41. The zero-order valence-electron chi connectivity index (χ0n) is 16.4. The first-order chi connectivity index (χ1) is 14.4. The van der Waals surface area contributed by atoms with Crippen molar-refractivity contribution in [2.75, 3.05) is 30.3 Å². The fraction of sp³-hybridized carbons (Fsp3) is 0.368. The highest BCUT2D eigenvalue weighted by atomic mass is 32.1. The minimum atomic E-state index is -2.90. The van der Waals surface area contributed by atoms with Crippen LogP contribution in [-0.4, -0.2) is 47.2 Å². The number of anilines is 2. The Labute approximate surface area is 175 Å². The number of carbonyl (C=O) groups is 1. The molecule has 0 radical (unpaired) electrons. The van der Waals surface area contributed by atoms with Gasteiger partial charge >= 0.3 is 12.6 Å². The largest absolute Gasteiger partial charge is 0.462 e. The van der Waals surface area contributed by atoms with E-state index in [2.05, 4.69) is 30.3 Å². The number of fused-ring (bicyclic) bond motifs is 1. The number of hydrogen-bond acceptors (Lipinski definition) is 9. The van der Waals surface area contributed by atoms with Gasteiger partial charge in [0.2, 0.25) is 5.95 Å². The quantitative estimate of drug-likeness (QED) is 0.459. The summed E-state index contributed by atoms with van der Waals surface area (Å²) in [4.78, 5) is 24.2. The van der Waals surface area contributed by atoms with Gasteiger partial charge in [0.15, 0.2) is 10.9 Å². The van der Waals surface area contributed by atoms with Crippen LogP contribution < -0.4 is 15.4 Å². The van der Waals surface area contributed by atoms with Crippen LogP contribution in [0.15, 0.2) is 30.6 Å². The Morgan fingerprint density at radius 2 is 1.93 bits per heavy atom. The van der Waals surface area contributed by atoms with E-state index in [-0.39, 0.29) is 17.6 Å². The Hall–Kier alpha value is -3.08. The highest BCUT2D eigenvalue weighted by molar-refractivity contribution is 7.22. The van der Waals surface area contributed by atoms with Gasteiger partial charge in [-0.05, 0) is 31.0 Å². The van der Waals surface area contributed by atoms with Crippen molar-refractivity contribution < 1.29 is 23.0 Å². The molecule has 30 heavy (non-hydrogen) atoms. The van der Waals surface area contributed by atoms with Gasteiger partial charge in [-0.25, -0.2) is 19.7 Å². The average molecular weight is 437 g/mol. The molecule has 1 aromatic carbocycles. The van der Waals surface area contributed by atoms with Gasteiger partial charge in [0.05, 0.1) is 34.8 Å². The van der Waals surface area contributed by atoms with Crippen LogP contribution in [0.1, 0.15) is 24.2 Å². The van der Waals surface area contributed by atoms with Crippen molar-refractivity contribution in [3.05, 3.63) is 36.2 Å². The molecule has 2 heterocycles. The van der Waals surface area contributed by atoms with E-state index < -0.39 is 6.61 Å². The van der Waals surface area contributed by atoms with Crippen molar-refractivity contribution in [1.82, 2.24) is 15.0 Å². The maximum absolute atomic E-state index is 12.1. The average Bonchev–Trinajstić information content (AvgIpc) is 3.13. The lowest BCUT2D eigenvalue weighted by Crippen LogP contribution is -2.20. The first-order valence-corrected chi connectivity index (χ1v) is 10.1. The number of alkyl halides is 2. The molecule has 2 aromatic heterocycles. The number of thiazole rings is 1. The third-order valence-electron chi connectivity index (χ3n) is 3.96. The van der Waals surface area contributed by atoms with Gasteiger partial charge in [0.25, 0.3) is 0 Å². The Bertz CT molecular complexity index is 984. The molecule has 2 N–H and O–H groups in total. The van der Waals surface area contributed by atoms with Gasteiger partial charge in [-0.3, -0.25) is 0 Å². The number of rotatable bonds is 10. The summed E-state index contributed by atoms with van der Waals surface area (Å²) in [6.07, 6.45) is 2.38. The minimum Gasteiger partial charge on any atom is -0.462 e. The summed E-state index contributed by atoms with van der Waals surface area (Å²) < 4.78 is 34.4. The van der Waals surface area contributed by atoms with Gasteiger partial charge < -0.3 is 20.1 Å². The number of benzene rings is 1. The first-order valence-electron chi connectivity index (χ1n) is 9.27. The summed E-state index contributed by atoms with van der Waals surface area (Å²) >= 11 is 1.46. The van der Waals surface area contributed by atoms with Crippen LogP contribution in [0.3, 0.4) is 0 Å². The fourth-order valence-corrected chi connectivity index (χ4v) is 3.42. The van der Waals surface area contributed by atoms with Crippen molar-refractivity contribution in [2.45, 2.75) is 20.5 Å². The molecule has 0 fully saturated rings. The molecule has 0 aliphatic carbocycles. The Kier molecular flexibility index (Phi) is 7.28. The molecule has 8 nitrogen and oxygen atoms in total. The van der Waals surface area contributed by atoms with Crippen LogP contribution in [0.2, 0.25) is 0 Å². The number of hydrogen-bond donors (Lipinski definition) is 2. The van der Waals surface area contributed by atoms with Gasteiger partial charge in [0, 0.05) is 13.1 Å². The van der Waals surface area contributed by atoms with E-state index >= 15 is 0 Å². The molecule has 0 aliphatic heterocycles. The van der Waals surface area contributed by atoms with E-state index in [4.69, 9.17) is 4.74 Å². The van der Waals surface area contributed by atoms with Gasteiger partial charge in [0.1, 0.15) is 0 Å². The number of aromatic nitrogens is 3. The monoisotopic (exact) mass is 437 g/mol. The zero-order valence-corrected chi connectivity index (χ0v) is 17.2. The predicted molar refractivity (Wildman–Crippen MR) is 110 cm³/mol. The predicted octanol–water partition coefficient (Wildman–Crippen LogP) is 4.02. The maximum atomic E-state index is 12.1. The fourth-order valence-electron chi connectivity index (χ4n) is 2.51. The Morgan fingerprint density at radius 1 is 1.20 bits per heavy atom. The third kappa shape index (κ3) is 5.96. The van der Waals surface area contributed by atoms with E-state index in [0.29, 0.717) is 31.2 Å². The number of ether oxygens (including phenoxy) is 2. The molecule has 11 heteroatoms. The lowest BCUT2D eigenvalue weighted by Gasteiger charge is -2.13. The highest BCUT2D eigenvalue weighted by Crippen LogP contribution is 2.27. The standard InChI is InChI=1S/C19H21F2N5O3S/c1-3-28-16(27)12-4-5-14-15(6-12)30-19(26-14)25-8-11(2)7-22-18-23-9-13(10-24-18)29-17(20)21/h4-6,9-11,17H,3,7-8H2,1-2H3,(H,25,26)(H,22,23,24). The summed E-state index contributed by atoms with van der Waals surface area (Å²) in [6, 6.07) is 5.28. The molecular weight excluding hydrogens is 416 g/mol. The van der Waals surface area contributed by atoms with Crippen molar-refractivity contribution in [2.24, 2.45) is 5.92 Å². The number of halogens is 2. The molecule has 0 saturated heterocycles. The van der Waals surface area contributed by atoms with Crippen LogP contribution in [0.25, 0.3) is 10.2 Å². The first kappa shape index (κ1) is 21.6. The Morgan fingerprint density at radius 3 is 2.63 bits per heavy atom. The molecule has 160 valence electrons. The number of nitrogens with zero attached hydrogens (tertiary/aromatic N) is 3. The summed E-state index contributed by atoms with van der Waals surface area (Å²) in [5, 5.41) is 7.08. The number of esters is 1. The highest BCUT2D eigenvalue weighted by Gasteiger charge is 2.11. The zero-order chi connectivity index (χ0) is 21.5. The van der Waals surface area contributed by atoms with E-state index in [1.165, 1.54) is 23.7 Å². The van der Waals surface area contributed by atoms with Crippen LogP contribution in [-0.2, 0) is 4.74 Å². The molecule has 0 saturated carbocycles. The smallest absolute Gasteiger partial charge is 0.387 e. The van der Waals surface area contributed by atoms with E-state index in [1.807, 2.05) is 6.92 Å². The molecular formula is C19H21F2N5O3S. The topological polar surface area (TPSA) is 98.3 Å². The SMILES string of the molecule is CCOC(=O)c1ccc2nc(NCC(C)CNc3ncc(OC(F)F)cn3)sc2c1. The minimum absolute atomic E-state index is 0.0905. The normalized spacial score (nSPS) is 12.0. The van der Waals surface area contributed by atoms with Crippen molar-refractivity contribution in [1.29, 1.82) is 0 Å². The molecule has 0 spiro atoms. The van der Waals surface area contributed by atoms with Gasteiger partial charge in [-0.15, -0.1) is 0 Å². The second-order valence-corrected chi connectivity index (χ2v) is 7.44. The Balaban J connectivity index is 1.49. The van der Waals surface area contributed by atoms with Crippen molar-refractivity contribution in [3.63, 3.8) is 0 Å². The van der Waals surface area contributed by atoms with Crippen LogP contribution >= 0.6 is 11.3 Å². The molecule has 0 amide bonds. The van der Waals surface area contributed by atoms with Crippen molar-refractivity contribution in [3.8, 4) is 5.75 Å². The van der Waals surface area contributed by atoms with Gasteiger partial charge in [-0.1, -0.05) is 18.3 Å². The summed E-state index contributed by atoms with van der Waals surface area (Å²) in [7, 11) is 0. The number of carbonyl (C=O) groups excluding carboxylic acids is 1. The summed E-state index contributed by atoms with van der Waals surface area (Å²) in [6.45, 7) is 2.43. The third-order valence-corrected chi connectivity index (χ3v) is 4.94. The molecule has 0 bridgehead atoms.